The van der Waals surface area contributed by atoms with Crippen molar-refractivity contribution in [3.63, 3.8) is 0 Å². The van der Waals surface area contributed by atoms with Gasteiger partial charge in [0, 0.05) is 12.5 Å². The number of nitrogens with one attached hydrogen (secondary N) is 2. The fourth-order valence-corrected chi connectivity index (χ4v) is 5.60. The summed E-state index contributed by atoms with van der Waals surface area (Å²) in [6.07, 6.45) is 3.27. The summed E-state index contributed by atoms with van der Waals surface area (Å²) in [7, 11) is 0. The predicted octanol–water partition coefficient (Wildman–Crippen LogP) is 6.05. The maximum atomic E-state index is 14.6. The minimum absolute atomic E-state index is 0.200. The Balaban J connectivity index is 2.06. The molecule has 1 aliphatic rings. The lowest BCUT2D eigenvalue weighted by Gasteiger charge is -2.36. The average Bonchev–Trinajstić information content (AvgIpc) is 3.78. The molecule has 3 unspecified atom stereocenters. The number of hydrogen-bond acceptors (Lipinski definition) is 7. The van der Waals surface area contributed by atoms with Gasteiger partial charge in [-0.3, -0.25) is 9.59 Å². The number of esters is 1. The molecule has 3 atom stereocenters. The highest BCUT2D eigenvalue weighted by Gasteiger charge is 2.45. The summed E-state index contributed by atoms with van der Waals surface area (Å²) in [5, 5.41) is 5.77. The number of hydrogen-bond donors (Lipinski definition) is 2. The molecule has 1 saturated carbocycles. The van der Waals surface area contributed by atoms with E-state index in [0.29, 0.717) is 17.7 Å². The number of aryl methyl sites for hydroxylation is 2. The number of thioether (sulfide) groups is 1. The van der Waals surface area contributed by atoms with Crippen LogP contribution in [0.1, 0.15) is 89.1 Å². The van der Waals surface area contributed by atoms with Crippen LogP contribution in [0.3, 0.4) is 0 Å². The van der Waals surface area contributed by atoms with E-state index in [9.17, 15) is 19.2 Å². The number of carbonyl (C=O) groups excluding carboxylic acids is 4. The van der Waals surface area contributed by atoms with Gasteiger partial charge in [0.1, 0.15) is 29.3 Å². The smallest absolute Gasteiger partial charge is 0.408 e. The molecule has 2 aromatic carbocycles. The van der Waals surface area contributed by atoms with Crippen LogP contribution >= 0.6 is 11.8 Å². The first-order chi connectivity index (χ1) is 21.5. The fourth-order valence-electron chi connectivity index (χ4n) is 5.13. The van der Waals surface area contributed by atoms with E-state index in [1.165, 1.54) is 0 Å². The van der Waals surface area contributed by atoms with E-state index >= 15 is 0 Å². The molecule has 0 radical (unpaired) electrons. The normalized spacial score (nSPS) is 15.2. The minimum Gasteiger partial charge on any atom is -0.458 e. The van der Waals surface area contributed by atoms with Crippen molar-refractivity contribution < 1.29 is 28.7 Å². The van der Waals surface area contributed by atoms with Gasteiger partial charge in [-0.05, 0) is 103 Å². The van der Waals surface area contributed by atoms with E-state index in [2.05, 4.69) is 10.6 Å². The Morgan fingerprint density at radius 1 is 0.891 bits per heavy atom. The Bertz CT molecular complexity index is 1360. The van der Waals surface area contributed by atoms with E-state index in [4.69, 9.17) is 9.47 Å². The summed E-state index contributed by atoms with van der Waals surface area (Å²) in [6.45, 7) is 14.5. The van der Waals surface area contributed by atoms with Crippen LogP contribution < -0.4 is 10.6 Å². The first-order valence-corrected chi connectivity index (χ1v) is 17.3. The molecule has 0 aromatic heterocycles. The standard InChI is InChI=1S/C36H51N3O6S/c1-23-15-16-24(2)27(21-23)30(31(40)37-29(33(42)44-35(3,4)5)22-25-13-11-10-12-14-25)39(26-17-18-26)32(41)28(19-20-46-9)38-34(43)45-36(6,7)8/h10-16,21,26,28-30H,17-20,22H2,1-9H3,(H,37,40)(H,38,43). The van der Waals surface area contributed by atoms with Gasteiger partial charge in [0.2, 0.25) is 11.8 Å². The second kappa shape index (κ2) is 15.8. The molecule has 0 spiro atoms. The highest BCUT2D eigenvalue weighted by molar-refractivity contribution is 7.98. The largest absolute Gasteiger partial charge is 0.458 e. The molecule has 0 bridgehead atoms. The van der Waals surface area contributed by atoms with Crippen molar-refractivity contribution in [1.29, 1.82) is 0 Å². The van der Waals surface area contributed by atoms with E-state index in [-0.39, 0.29) is 18.4 Å². The number of ether oxygens (including phenoxy) is 2. The molecule has 252 valence electrons. The molecule has 0 aliphatic heterocycles. The summed E-state index contributed by atoms with van der Waals surface area (Å²) in [4.78, 5) is 57.1. The molecular weight excluding hydrogens is 602 g/mol. The van der Waals surface area contributed by atoms with Gasteiger partial charge in [-0.25, -0.2) is 9.59 Å². The van der Waals surface area contributed by atoms with E-state index in [0.717, 1.165) is 29.5 Å². The summed E-state index contributed by atoms with van der Waals surface area (Å²) in [5.74, 6) is -0.789. The Labute approximate surface area is 278 Å². The molecule has 1 fully saturated rings. The molecule has 3 rings (SSSR count). The summed E-state index contributed by atoms with van der Waals surface area (Å²) in [6, 6.07) is 12.1. The summed E-state index contributed by atoms with van der Waals surface area (Å²) >= 11 is 1.56. The van der Waals surface area contributed by atoms with Crippen LogP contribution in [-0.4, -0.2) is 70.1 Å². The van der Waals surface area contributed by atoms with Crippen LogP contribution in [0.4, 0.5) is 4.79 Å². The van der Waals surface area contributed by atoms with Gasteiger partial charge in [-0.15, -0.1) is 0 Å². The second-order valence-electron chi connectivity index (χ2n) is 14.0. The van der Waals surface area contributed by atoms with Gasteiger partial charge in [-0.2, -0.15) is 11.8 Å². The van der Waals surface area contributed by atoms with Crippen molar-refractivity contribution in [2.24, 2.45) is 0 Å². The van der Waals surface area contributed by atoms with Gasteiger partial charge in [0.05, 0.1) is 0 Å². The molecule has 0 saturated heterocycles. The third-order valence-corrected chi connectivity index (χ3v) is 7.98. The van der Waals surface area contributed by atoms with Gasteiger partial charge in [-0.1, -0.05) is 54.1 Å². The predicted molar refractivity (Wildman–Crippen MR) is 183 cm³/mol. The highest BCUT2D eigenvalue weighted by atomic mass is 32.2. The van der Waals surface area contributed by atoms with E-state index in [1.807, 2.05) is 68.6 Å². The van der Waals surface area contributed by atoms with Crippen LogP contribution in [0.15, 0.2) is 48.5 Å². The third-order valence-electron chi connectivity index (χ3n) is 7.34. The third kappa shape index (κ3) is 11.4. The molecule has 1 aliphatic carbocycles. The Morgan fingerprint density at radius 3 is 2.09 bits per heavy atom. The number of carbonyl (C=O) groups is 4. The van der Waals surface area contributed by atoms with E-state index in [1.54, 1.807) is 58.2 Å². The maximum Gasteiger partial charge on any atom is 0.408 e. The van der Waals surface area contributed by atoms with Gasteiger partial charge in [0.15, 0.2) is 0 Å². The van der Waals surface area contributed by atoms with E-state index < -0.39 is 47.3 Å². The monoisotopic (exact) mass is 653 g/mol. The number of nitrogens with zero attached hydrogens (tertiary/aromatic N) is 1. The molecule has 2 N–H and O–H groups in total. The number of alkyl carbamates (subject to hydrolysis) is 1. The molecule has 9 nitrogen and oxygen atoms in total. The summed E-state index contributed by atoms with van der Waals surface area (Å²) < 4.78 is 11.2. The molecular formula is C36H51N3O6S. The number of benzene rings is 2. The average molecular weight is 654 g/mol. The van der Waals surface area contributed by atoms with Crippen molar-refractivity contribution >= 4 is 35.6 Å². The first-order valence-electron chi connectivity index (χ1n) is 15.9. The number of amides is 3. The lowest BCUT2D eigenvalue weighted by Crippen LogP contribution is -2.55. The van der Waals surface area contributed by atoms with Gasteiger partial charge >= 0.3 is 12.1 Å². The molecule has 10 heteroatoms. The maximum absolute atomic E-state index is 14.6. The molecule has 2 aromatic rings. The lowest BCUT2D eigenvalue weighted by molar-refractivity contribution is -0.159. The van der Waals surface area contributed by atoms with Gasteiger partial charge < -0.3 is 25.0 Å². The van der Waals surface area contributed by atoms with Crippen molar-refractivity contribution in [2.75, 3.05) is 12.0 Å². The quantitative estimate of drug-likeness (QED) is 0.253. The van der Waals surface area contributed by atoms with Crippen LogP contribution in [0.5, 0.6) is 0 Å². The first kappa shape index (κ1) is 36.9. The molecule has 3 amide bonds. The Hall–Kier alpha value is -3.53. The Kier molecular flexibility index (Phi) is 12.7. The lowest BCUT2D eigenvalue weighted by atomic mass is 9.95. The minimum atomic E-state index is -1.04. The zero-order valence-electron chi connectivity index (χ0n) is 28.8. The van der Waals surface area contributed by atoms with Crippen molar-refractivity contribution in [3.05, 3.63) is 70.8 Å². The van der Waals surface area contributed by atoms with Crippen LogP contribution in [0.2, 0.25) is 0 Å². The fraction of sp³-hybridized carbons (Fsp3) is 0.556. The Morgan fingerprint density at radius 2 is 1.52 bits per heavy atom. The van der Waals surface area contributed by atoms with Crippen LogP contribution in [-0.2, 0) is 30.3 Å². The topological polar surface area (TPSA) is 114 Å². The SMILES string of the molecule is CSCCC(NC(=O)OC(C)(C)C)C(=O)N(C1CC1)C(C(=O)NC(Cc1ccccc1)C(=O)OC(C)(C)C)c1cc(C)ccc1C. The van der Waals surface area contributed by atoms with Crippen molar-refractivity contribution in [3.8, 4) is 0 Å². The molecule has 0 heterocycles. The summed E-state index contributed by atoms with van der Waals surface area (Å²) in [5.41, 5.74) is 1.78. The zero-order chi connectivity index (χ0) is 34.2. The van der Waals surface area contributed by atoms with Crippen LogP contribution in [0, 0.1) is 13.8 Å². The molecule has 46 heavy (non-hydrogen) atoms. The van der Waals surface area contributed by atoms with Crippen molar-refractivity contribution in [2.45, 2.75) is 116 Å². The number of rotatable bonds is 13. The second-order valence-corrected chi connectivity index (χ2v) is 15.0. The van der Waals surface area contributed by atoms with Crippen LogP contribution in [0.25, 0.3) is 0 Å². The van der Waals surface area contributed by atoms with Crippen molar-refractivity contribution in [1.82, 2.24) is 15.5 Å². The zero-order valence-corrected chi connectivity index (χ0v) is 29.6. The highest BCUT2D eigenvalue weighted by Crippen LogP contribution is 2.37. The van der Waals surface area contributed by atoms with Gasteiger partial charge in [0.25, 0.3) is 0 Å².